The van der Waals surface area contributed by atoms with Gasteiger partial charge in [-0.25, -0.2) is 0 Å². The number of amides is 1. The van der Waals surface area contributed by atoms with Crippen LogP contribution in [0.2, 0.25) is 0 Å². The SMILES string of the molecule is C[C@H](C(=O)NCc1cc(C2CC2)on1)n1cccc1. The third-order valence-corrected chi connectivity index (χ3v) is 3.45. The highest BCUT2D eigenvalue weighted by Crippen LogP contribution is 2.40. The van der Waals surface area contributed by atoms with E-state index in [1.807, 2.05) is 42.1 Å². The summed E-state index contributed by atoms with van der Waals surface area (Å²) >= 11 is 0. The molecule has 3 rings (SSSR count). The summed E-state index contributed by atoms with van der Waals surface area (Å²) in [6.45, 7) is 2.29. The van der Waals surface area contributed by atoms with Gasteiger partial charge in [0.1, 0.15) is 17.5 Å². The Bertz CT molecular complexity index is 555. The van der Waals surface area contributed by atoms with Gasteiger partial charge in [0.15, 0.2) is 0 Å². The van der Waals surface area contributed by atoms with E-state index in [4.69, 9.17) is 4.52 Å². The number of aromatic nitrogens is 2. The van der Waals surface area contributed by atoms with E-state index in [1.54, 1.807) is 0 Å². The van der Waals surface area contributed by atoms with Gasteiger partial charge in [-0.15, -0.1) is 0 Å². The summed E-state index contributed by atoms with van der Waals surface area (Å²) in [5, 5.41) is 6.85. The summed E-state index contributed by atoms with van der Waals surface area (Å²) in [7, 11) is 0. The van der Waals surface area contributed by atoms with Gasteiger partial charge in [-0.2, -0.15) is 0 Å². The number of hydrogen-bond donors (Lipinski definition) is 1. The van der Waals surface area contributed by atoms with E-state index in [0.29, 0.717) is 12.5 Å². The standard InChI is InChI=1S/C14H17N3O2/c1-10(17-6-2-3-7-17)14(18)15-9-12-8-13(19-16-12)11-4-5-11/h2-3,6-8,10-11H,4-5,9H2,1H3,(H,15,18)/t10-/m1/s1. The summed E-state index contributed by atoms with van der Waals surface area (Å²) in [5.74, 6) is 1.48. The minimum atomic E-state index is -0.218. The first-order valence-electron chi connectivity index (χ1n) is 6.59. The fourth-order valence-electron chi connectivity index (χ4n) is 2.04. The molecule has 1 aliphatic carbocycles. The molecule has 1 atom stereocenters. The van der Waals surface area contributed by atoms with E-state index in [0.717, 1.165) is 11.5 Å². The maximum atomic E-state index is 12.0. The molecule has 0 saturated heterocycles. The average Bonchev–Trinajstić information content (AvgIpc) is 2.96. The Morgan fingerprint density at radius 2 is 2.26 bits per heavy atom. The summed E-state index contributed by atoms with van der Waals surface area (Å²) in [5.41, 5.74) is 0.787. The van der Waals surface area contributed by atoms with Gasteiger partial charge in [0.05, 0.1) is 6.54 Å². The van der Waals surface area contributed by atoms with Crippen LogP contribution in [0.4, 0.5) is 0 Å². The van der Waals surface area contributed by atoms with Crippen molar-refractivity contribution in [1.29, 1.82) is 0 Å². The molecule has 1 saturated carbocycles. The minimum absolute atomic E-state index is 0.0211. The van der Waals surface area contributed by atoms with Crippen LogP contribution in [-0.2, 0) is 11.3 Å². The van der Waals surface area contributed by atoms with Crippen LogP contribution in [0.5, 0.6) is 0 Å². The van der Waals surface area contributed by atoms with Crippen molar-refractivity contribution < 1.29 is 9.32 Å². The molecule has 5 nitrogen and oxygen atoms in total. The maximum absolute atomic E-state index is 12.0. The minimum Gasteiger partial charge on any atom is -0.361 e. The number of carbonyl (C=O) groups is 1. The monoisotopic (exact) mass is 259 g/mol. The predicted molar refractivity (Wildman–Crippen MR) is 69.5 cm³/mol. The zero-order valence-corrected chi connectivity index (χ0v) is 10.9. The first kappa shape index (κ1) is 12.0. The Morgan fingerprint density at radius 3 is 2.95 bits per heavy atom. The molecule has 100 valence electrons. The van der Waals surface area contributed by atoms with Crippen molar-refractivity contribution in [2.75, 3.05) is 0 Å². The molecule has 0 unspecified atom stereocenters. The van der Waals surface area contributed by atoms with Crippen molar-refractivity contribution in [1.82, 2.24) is 15.0 Å². The first-order chi connectivity index (χ1) is 9.24. The van der Waals surface area contributed by atoms with E-state index in [1.165, 1.54) is 12.8 Å². The fraction of sp³-hybridized carbons (Fsp3) is 0.429. The fourth-order valence-corrected chi connectivity index (χ4v) is 2.04. The lowest BCUT2D eigenvalue weighted by molar-refractivity contribution is -0.124. The van der Waals surface area contributed by atoms with Gasteiger partial charge in [0.25, 0.3) is 0 Å². The van der Waals surface area contributed by atoms with E-state index < -0.39 is 0 Å². The number of carbonyl (C=O) groups excluding carboxylic acids is 1. The van der Waals surface area contributed by atoms with Gasteiger partial charge < -0.3 is 14.4 Å². The van der Waals surface area contributed by atoms with Crippen molar-refractivity contribution in [3.05, 3.63) is 42.0 Å². The van der Waals surface area contributed by atoms with Gasteiger partial charge >= 0.3 is 0 Å². The highest BCUT2D eigenvalue weighted by molar-refractivity contribution is 5.79. The van der Waals surface area contributed by atoms with E-state index >= 15 is 0 Å². The van der Waals surface area contributed by atoms with Crippen molar-refractivity contribution in [2.24, 2.45) is 0 Å². The lowest BCUT2D eigenvalue weighted by atomic mass is 10.2. The largest absolute Gasteiger partial charge is 0.361 e. The number of nitrogens with one attached hydrogen (secondary N) is 1. The summed E-state index contributed by atoms with van der Waals surface area (Å²) < 4.78 is 7.12. The Kier molecular flexibility index (Phi) is 3.11. The molecule has 1 amide bonds. The van der Waals surface area contributed by atoms with Gasteiger partial charge in [-0.05, 0) is 31.9 Å². The molecule has 0 spiro atoms. The molecule has 5 heteroatoms. The maximum Gasteiger partial charge on any atom is 0.243 e. The van der Waals surface area contributed by atoms with Crippen LogP contribution in [0.1, 0.15) is 43.2 Å². The van der Waals surface area contributed by atoms with Gasteiger partial charge in [-0.3, -0.25) is 4.79 Å². The molecular weight excluding hydrogens is 242 g/mol. The molecule has 0 aromatic carbocycles. The molecule has 0 bridgehead atoms. The zero-order chi connectivity index (χ0) is 13.2. The molecule has 0 radical (unpaired) electrons. The van der Waals surface area contributed by atoms with Crippen LogP contribution < -0.4 is 5.32 Å². The first-order valence-corrected chi connectivity index (χ1v) is 6.59. The van der Waals surface area contributed by atoms with Crippen LogP contribution in [0, 0.1) is 0 Å². The average molecular weight is 259 g/mol. The summed E-state index contributed by atoms with van der Waals surface area (Å²) in [6.07, 6.45) is 6.13. The lowest BCUT2D eigenvalue weighted by Gasteiger charge is -2.12. The quantitative estimate of drug-likeness (QED) is 0.895. The second kappa shape index (κ2) is 4.91. The third kappa shape index (κ3) is 2.70. The Balaban J connectivity index is 1.54. The molecule has 2 aromatic rings. The van der Waals surface area contributed by atoms with Gasteiger partial charge in [0.2, 0.25) is 5.91 Å². The van der Waals surface area contributed by atoms with Crippen molar-refractivity contribution in [3.8, 4) is 0 Å². The normalized spacial score (nSPS) is 16.3. The van der Waals surface area contributed by atoms with E-state index in [-0.39, 0.29) is 11.9 Å². The van der Waals surface area contributed by atoms with E-state index in [2.05, 4.69) is 10.5 Å². The molecule has 1 aliphatic rings. The van der Waals surface area contributed by atoms with Crippen LogP contribution in [0.25, 0.3) is 0 Å². The molecule has 0 aliphatic heterocycles. The van der Waals surface area contributed by atoms with Crippen LogP contribution in [-0.4, -0.2) is 15.6 Å². The van der Waals surface area contributed by atoms with Crippen molar-refractivity contribution >= 4 is 5.91 Å². The number of nitrogens with zero attached hydrogens (tertiary/aromatic N) is 2. The third-order valence-electron chi connectivity index (χ3n) is 3.45. The number of hydrogen-bond acceptors (Lipinski definition) is 3. The van der Waals surface area contributed by atoms with Crippen LogP contribution in [0.3, 0.4) is 0 Å². The Morgan fingerprint density at radius 1 is 1.53 bits per heavy atom. The van der Waals surface area contributed by atoms with Gasteiger partial charge in [-0.1, -0.05) is 5.16 Å². The summed E-state index contributed by atoms with van der Waals surface area (Å²) in [4.78, 5) is 12.0. The highest BCUT2D eigenvalue weighted by atomic mass is 16.5. The molecule has 2 aromatic heterocycles. The van der Waals surface area contributed by atoms with Crippen molar-refractivity contribution in [2.45, 2.75) is 38.3 Å². The topological polar surface area (TPSA) is 60.1 Å². The Hall–Kier alpha value is -2.04. The van der Waals surface area contributed by atoms with Crippen molar-refractivity contribution in [3.63, 3.8) is 0 Å². The van der Waals surface area contributed by atoms with E-state index in [9.17, 15) is 4.79 Å². The molecule has 19 heavy (non-hydrogen) atoms. The van der Waals surface area contributed by atoms with Crippen LogP contribution in [0.15, 0.2) is 35.1 Å². The smallest absolute Gasteiger partial charge is 0.243 e. The lowest BCUT2D eigenvalue weighted by Crippen LogP contribution is -2.30. The second-order valence-electron chi connectivity index (χ2n) is 5.02. The molecule has 1 fully saturated rings. The molecule has 2 heterocycles. The zero-order valence-electron chi connectivity index (χ0n) is 10.9. The molecule has 1 N–H and O–H groups in total. The summed E-state index contributed by atoms with van der Waals surface area (Å²) in [6, 6.07) is 5.54. The van der Waals surface area contributed by atoms with Gasteiger partial charge in [0, 0.05) is 24.4 Å². The highest BCUT2D eigenvalue weighted by Gasteiger charge is 2.27. The van der Waals surface area contributed by atoms with Crippen LogP contribution >= 0.6 is 0 Å². The number of rotatable bonds is 5. The molecular formula is C14H17N3O2. The predicted octanol–water partition coefficient (Wildman–Crippen LogP) is 2.23. The Labute approximate surface area is 111 Å². The second-order valence-corrected chi connectivity index (χ2v) is 5.02.